The maximum Gasteiger partial charge on any atom is 0.337 e. The van der Waals surface area contributed by atoms with Crippen LogP contribution >= 0.6 is 0 Å². The van der Waals surface area contributed by atoms with Crippen molar-refractivity contribution < 1.29 is 28.3 Å². The van der Waals surface area contributed by atoms with Crippen LogP contribution in [0.25, 0.3) is 23.1 Å². The van der Waals surface area contributed by atoms with Crippen molar-refractivity contribution in [3.05, 3.63) is 53.9 Å². The Morgan fingerprint density at radius 1 is 1.23 bits per heavy atom. The van der Waals surface area contributed by atoms with Crippen LogP contribution in [0.2, 0.25) is 0 Å². The van der Waals surface area contributed by atoms with Crippen molar-refractivity contribution in [1.29, 1.82) is 0 Å². The number of furan rings is 1. The summed E-state index contributed by atoms with van der Waals surface area (Å²) in [6, 6.07) is 10.4. The van der Waals surface area contributed by atoms with Gasteiger partial charge in [-0.05, 0) is 36.4 Å². The van der Waals surface area contributed by atoms with Crippen LogP contribution in [0.1, 0.15) is 0 Å². The summed E-state index contributed by atoms with van der Waals surface area (Å²) in [5.41, 5.74) is 1.59. The molecule has 0 fully saturated rings. The van der Waals surface area contributed by atoms with Crippen LogP contribution in [0, 0.1) is 0 Å². The molecule has 30 heavy (non-hydrogen) atoms. The fraction of sp³-hybridized carbons (Fsp3) is 0.200. The number of hydrogen-bond donors (Lipinski definition) is 2. The van der Waals surface area contributed by atoms with E-state index in [-0.39, 0.29) is 42.8 Å². The standard InChI is InChI=1S/C20H18N4O6/c1-28-20(27)14-11-24(8-9-25)19(26)16(14)21-13-6-4-12(5-7-13)17-22-23-18(30-17)15-3-2-10-29-15/h2-7,10,21,25H,8-9,11H2,1H3. The molecule has 154 valence electrons. The van der Waals surface area contributed by atoms with Gasteiger partial charge in [-0.25, -0.2) is 4.79 Å². The molecule has 0 saturated heterocycles. The number of benzene rings is 1. The number of carbonyl (C=O) groups is 2. The number of ether oxygens (including phenoxy) is 1. The zero-order chi connectivity index (χ0) is 21.1. The molecular weight excluding hydrogens is 392 g/mol. The smallest absolute Gasteiger partial charge is 0.337 e. The van der Waals surface area contributed by atoms with E-state index in [0.717, 1.165) is 0 Å². The molecule has 4 rings (SSSR count). The summed E-state index contributed by atoms with van der Waals surface area (Å²) >= 11 is 0. The van der Waals surface area contributed by atoms with Gasteiger partial charge in [-0.3, -0.25) is 4.79 Å². The van der Waals surface area contributed by atoms with Crippen LogP contribution in [-0.4, -0.2) is 58.9 Å². The number of nitrogens with zero attached hydrogens (tertiary/aromatic N) is 3. The predicted molar refractivity (Wildman–Crippen MR) is 104 cm³/mol. The molecule has 0 bridgehead atoms. The number of amides is 1. The number of aromatic nitrogens is 2. The number of carbonyl (C=O) groups excluding carboxylic acids is 2. The molecule has 0 radical (unpaired) electrons. The van der Waals surface area contributed by atoms with E-state index in [0.29, 0.717) is 22.9 Å². The van der Waals surface area contributed by atoms with Gasteiger partial charge in [-0.15, -0.1) is 10.2 Å². The SMILES string of the molecule is COC(=O)C1=C(Nc2ccc(-c3nnc(-c4ccco4)o3)cc2)C(=O)N(CCO)C1. The molecule has 2 N–H and O–H groups in total. The van der Waals surface area contributed by atoms with Gasteiger partial charge in [0.15, 0.2) is 5.76 Å². The highest BCUT2D eigenvalue weighted by Gasteiger charge is 2.34. The van der Waals surface area contributed by atoms with Gasteiger partial charge in [0.05, 0.1) is 32.1 Å². The van der Waals surface area contributed by atoms with E-state index >= 15 is 0 Å². The summed E-state index contributed by atoms with van der Waals surface area (Å²) in [5, 5.41) is 20.1. The summed E-state index contributed by atoms with van der Waals surface area (Å²) in [6.45, 7) is -0.00498. The Hall–Kier alpha value is -3.92. The average Bonchev–Trinajstić information content (AvgIpc) is 3.51. The van der Waals surface area contributed by atoms with Crippen LogP contribution < -0.4 is 5.32 Å². The molecule has 1 aromatic carbocycles. The molecule has 0 aliphatic carbocycles. The third-order valence-corrected chi connectivity index (χ3v) is 4.51. The summed E-state index contributed by atoms with van der Waals surface area (Å²) in [6.07, 6.45) is 1.52. The van der Waals surface area contributed by atoms with Crippen molar-refractivity contribution in [1.82, 2.24) is 15.1 Å². The minimum Gasteiger partial charge on any atom is -0.466 e. The number of esters is 1. The quantitative estimate of drug-likeness (QED) is 0.558. The van der Waals surface area contributed by atoms with Crippen molar-refractivity contribution in [2.75, 3.05) is 32.1 Å². The second-order valence-corrected chi connectivity index (χ2v) is 6.39. The first-order valence-electron chi connectivity index (χ1n) is 9.07. The molecule has 0 atom stereocenters. The molecule has 1 amide bonds. The Labute approximate surface area is 170 Å². The molecule has 0 unspecified atom stereocenters. The van der Waals surface area contributed by atoms with E-state index in [1.807, 2.05) is 0 Å². The number of anilines is 1. The van der Waals surface area contributed by atoms with Gasteiger partial charge in [0, 0.05) is 17.8 Å². The minimum absolute atomic E-state index is 0.0734. The van der Waals surface area contributed by atoms with Gasteiger partial charge in [-0.1, -0.05) is 0 Å². The second kappa shape index (κ2) is 8.21. The zero-order valence-corrected chi connectivity index (χ0v) is 16.0. The Bertz CT molecular complexity index is 1080. The van der Waals surface area contributed by atoms with E-state index in [1.54, 1.807) is 36.4 Å². The molecule has 10 heteroatoms. The van der Waals surface area contributed by atoms with Crippen LogP contribution in [0.4, 0.5) is 5.69 Å². The number of β-amino-alcohol motifs (C(OH)–C–C–N with tert-alkyl or cyclic N) is 1. The van der Waals surface area contributed by atoms with Gasteiger partial charge in [-0.2, -0.15) is 0 Å². The molecule has 0 spiro atoms. The molecule has 2 aromatic heterocycles. The van der Waals surface area contributed by atoms with E-state index in [4.69, 9.17) is 18.7 Å². The highest BCUT2D eigenvalue weighted by molar-refractivity contribution is 6.08. The lowest BCUT2D eigenvalue weighted by Crippen LogP contribution is -2.31. The third kappa shape index (κ3) is 3.67. The van der Waals surface area contributed by atoms with Crippen LogP contribution in [0.15, 0.2) is 62.8 Å². The van der Waals surface area contributed by atoms with Gasteiger partial charge >= 0.3 is 5.97 Å². The average molecular weight is 410 g/mol. The number of methoxy groups -OCH3 is 1. The molecule has 1 aliphatic heterocycles. The topological polar surface area (TPSA) is 131 Å². The number of aliphatic hydroxyl groups is 1. The first-order chi connectivity index (χ1) is 14.6. The van der Waals surface area contributed by atoms with Crippen LogP contribution in [-0.2, 0) is 14.3 Å². The lowest BCUT2D eigenvalue weighted by atomic mass is 10.2. The fourth-order valence-electron chi connectivity index (χ4n) is 3.03. The Kier molecular flexibility index (Phi) is 5.31. The maximum absolute atomic E-state index is 12.6. The molecule has 3 heterocycles. The number of rotatable bonds is 7. The van der Waals surface area contributed by atoms with Crippen molar-refractivity contribution in [2.24, 2.45) is 0 Å². The second-order valence-electron chi connectivity index (χ2n) is 6.39. The molecular formula is C20H18N4O6. The monoisotopic (exact) mass is 410 g/mol. The summed E-state index contributed by atoms with van der Waals surface area (Å²) < 4.78 is 15.6. The number of hydrogen-bond acceptors (Lipinski definition) is 9. The normalized spacial score (nSPS) is 13.8. The fourth-order valence-corrected chi connectivity index (χ4v) is 3.03. The van der Waals surface area contributed by atoms with Crippen molar-refractivity contribution in [2.45, 2.75) is 0 Å². The molecule has 1 aliphatic rings. The lowest BCUT2D eigenvalue weighted by molar-refractivity contribution is -0.136. The first kappa shape index (κ1) is 19.4. The van der Waals surface area contributed by atoms with Crippen LogP contribution in [0.5, 0.6) is 0 Å². The van der Waals surface area contributed by atoms with Crippen molar-refractivity contribution in [3.63, 3.8) is 0 Å². The molecule has 10 nitrogen and oxygen atoms in total. The maximum atomic E-state index is 12.6. The van der Waals surface area contributed by atoms with E-state index < -0.39 is 5.97 Å². The van der Waals surface area contributed by atoms with Gasteiger partial charge in [0.1, 0.15) is 5.70 Å². The van der Waals surface area contributed by atoms with E-state index in [9.17, 15) is 9.59 Å². The largest absolute Gasteiger partial charge is 0.466 e. The van der Waals surface area contributed by atoms with E-state index in [2.05, 4.69) is 15.5 Å². The first-order valence-corrected chi connectivity index (χ1v) is 9.07. The molecule has 3 aromatic rings. The van der Waals surface area contributed by atoms with Crippen LogP contribution in [0.3, 0.4) is 0 Å². The minimum atomic E-state index is -0.598. The number of nitrogens with one attached hydrogen (secondary N) is 1. The highest BCUT2D eigenvalue weighted by Crippen LogP contribution is 2.27. The highest BCUT2D eigenvalue weighted by atomic mass is 16.5. The lowest BCUT2D eigenvalue weighted by Gasteiger charge is -2.15. The van der Waals surface area contributed by atoms with Crippen molar-refractivity contribution >= 4 is 17.6 Å². The predicted octanol–water partition coefficient (Wildman–Crippen LogP) is 1.67. The van der Waals surface area contributed by atoms with Gasteiger partial charge in [0.2, 0.25) is 5.89 Å². The summed E-state index contributed by atoms with van der Waals surface area (Å²) in [5.74, 6) is 0.0771. The third-order valence-electron chi connectivity index (χ3n) is 4.51. The number of aliphatic hydroxyl groups excluding tert-OH is 1. The summed E-state index contributed by atoms with van der Waals surface area (Å²) in [7, 11) is 1.25. The van der Waals surface area contributed by atoms with Gasteiger partial charge in [0.25, 0.3) is 11.8 Å². The Morgan fingerprint density at radius 2 is 2.00 bits per heavy atom. The van der Waals surface area contributed by atoms with Crippen molar-refractivity contribution in [3.8, 4) is 23.1 Å². The zero-order valence-electron chi connectivity index (χ0n) is 16.0. The van der Waals surface area contributed by atoms with E-state index in [1.165, 1.54) is 18.3 Å². The summed E-state index contributed by atoms with van der Waals surface area (Å²) in [4.78, 5) is 26.0. The Morgan fingerprint density at radius 3 is 2.67 bits per heavy atom. The Balaban J connectivity index is 1.54. The molecule has 0 saturated carbocycles. The van der Waals surface area contributed by atoms with Gasteiger partial charge < -0.3 is 28.9 Å².